The molecule has 1 aliphatic carbocycles. The second kappa shape index (κ2) is 5.83. The van der Waals surface area contributed by atoms with Gasteiger partial charge in [-0.2, -0.15) is 4.39 Å². The lowest BCUT2D eigenvalue weighted by atomic mass is 9.76. The van der Waals surface area contributed by atoms with Crippen molar-refractivity contribution in [1.29, 1.82) is 0 Å². The molecule has 0 N–H and O–H groups in total. The van der Waals surface area contributed by atoms with Crippen molar-refractivity contribution in [3.8, 4) is 5.75 Å². The van der Waals surface area contributed by atoms with Crippen LogP contribution >= 0.6 is 0 Å². The van der Waals surface area contributed by atoms with E-state index in [4.69, 9.17) is 14.2 Å². The molecule has 1 aromatic carbocycles. The summed E-state index contributed by atoms with van der Waals surface area (Å²) in [5, 5.41) is 0. The van der Waals surface area contributed by atoms with Crippen LogP contribution in [0.3, 0.4) is 0 Å². The molecule has 1 fully saturated rings. The van der Waals surface area contributed by atoms with Gasteiger partial charge in [-0.15, -0.1) is 0 Å². The van der Waals surface area contributed by atoms with Crippen LogP contribution in [0, 0.1) is 11.6 Å². The average Bonchev–Trinajstić information content (AvgIpc) is 2.91. The zero-order chi connectivity index (χ0) is 16.6. The third kappa shape index (κ3) is 2.56. The molecule has 0 saturated heterocycles. The van der Waals surface area contributed by atoms with Gasteiger partial charge < -0.3 is 14.2 Å². The normalized spacial score (nSPS) is 18.6. The van der Waals surface area contributed by atoms with E-state index in [0.717, 1.165) is 25.3 Å². The maximum atomic E-state index is 14.0. The minimum atomic E-state index is -1.07. The van der Waals surface area contributed by atoms with Crippen molar-refractivity contribution in [2.24, 2.45) is 0 Å². The first-order valence-electron chi connectivity index (χ1n) is 7.63. The van der Waals surface area contributed by atoms with Crippen LogP contribution in [0.25, 0.3) is 5.57 Å². The maximum absolute atomic E-state index is 14.0. The Morgan fingerprint density at radius 3 is 2.65 bits per heavy atom. The summed E-state index contributed by atoms with van der Waals surface area (Å²) in [6.07, 6.45) is 3.12. The van der Waals surface area contributed by atoms with Crippen molar-refractivity contribution in [2.75, 3.05) is 13.7 Å². The molecular formula is C17H18F2O4. The summed E-state index contributed by atoms with van der Waals surface area (Å²) < 4.78 is 43.4. The molecule has 1 saturated carbocycles. The number of ether oxygens (including phenoxy) is 3. The van der Waals surface area contributed by atoms with Crippen LogP contribution in [0.1, 0.15) is 38.2 Å². The van der Waals surface area contributed by atoms with E-state index in [1.165, 1.54) is 13.2 Å². The molecule has 0 radical (unpaired) electrons. The fourth-order valence-electron chi connectivity index (χ4n) is 3.11. The number of halogens is 2. The van der Waals surface area contributed by atoms with Crippen LogP contribution in [0.4, 0.5) is 8.78 Å². The molecule has 1 aliphatic heterocycles. The Hall–Kier alpha value is -2.11. The number of carbonyl (C=O) groups is 1. The van der Waals surface area contributed by atoms with Crippen molar-refractivity contribution in [1.82, 2.24) is 0 Å². The van der Waals surface area contributed by atoms with Crippen LogP contribution < -0.4 is 4.74 Å². The molecule has 1 spiro atoms. The van der Waals surface area contributed by atoms with Gasteiger partial charge in [0.2, 0.25) is 11.6 Å². The highest BCUT2D eigenvalue weighted by atomic mass is 19.2. The van der Waals surface area contributed by atoms with Gasteiger partial charge >= 0.3 is 5.97 Å². The summed E-state index contributed by atoms with van der Waals surface area (Å²) >= 11 is 0. The predicted molar refractivity (Wildman–Crippen MR) is 78.7 cm³/mol. The third-order valence-electron chi connectivity index (χ3n) is 4.40. The highest BCUT2D eigenvalue weighted by Crippen LogP contribution is 2.52. The van der Waals surface area contributed by atoms with Crippen molar-refractivity contribution >= 4 is 11.5 Å². The van der Waals surface area contributed by atoms with Gasteiger partial charge in [-0.05, 0) is 38.3 Å². The Labute approximate surface area is 133 Å². The molecule has 23 heavy (non-hydrogen) atoms. The van der Waals surface area contributed by atoms with Gasteiger partial charge in [-0.1, -0.05) is 0 Å². The van der Waals surface area contributed by atoms with Gasteiger partial charge in [0.05, 0.1) is 13.7 Å². The fraction of sp³-hybridized carbons (Fsp3) is 0.471. The molecule has 124 valence electrons. The molecule has 1 heterocycles. The lowest BCUT2D eigenvalue weighted by Crippen LogP contribution is -2.37. The van der Waals surface area contributed by atoms with Crippen LogP contribution in [0.5, 0.6) is 5.75 Å². The Kier molecular flexibility index (Phi) is 4.00. The monoisotopic (exact) mass is 324 g/mol. The molecule has 0 amide bonds. The number of benzene rings is 1. The Balaban J connectivity index is 2.08. The summed E-state index contributed by atoms with van der Waals surface area (Å²) in [4.78, 5) is 12.2. The molecule has 0 bridgehead atoms. The maximum Gasteiger partial charge on any atom is 0.373 e. The quantitative estimate of drug-likeness (QED) is 0.794. The molecule has 6 heteroatoms. The second-order valence-electron chi connectivity index (χ2n) is 5.79. The lowest BCUT2D eigenvalue weighted by Gasteiger charge is -2.37. The first-order valence-corrected chi connectivity index (χ1v) is 7.63. The Bertz CT molecular complexity index is 677. The molecule has 0 atom stereocenters. The largest absolute Gasteiger partial charge is 0.493 e. The van der Waals surface area contributed by atoms with Crippen molar-refractivity contribution in [2.45, 2.75) is 38.2 Å². The van der Waals surface area contributed by atoms with Gasteiger partial charge in [-0.3, -0.25) is 0 Å². The smallest absolute Gasteiger partial charge is 0.373 e. The van der Waals surface area contributed by atoms with E-state index in [2.05, 4.69) is 0 Å². The summed E-state index contributed by atoms with van der Waals surface area (Å²) in [7, 11) is 1.26. The summed E-state index contributed by atoms with van der Waals surface area (Å²) in [5.74, 6) is -2.80. The third-order valence-corrected chi connectivity index (χ3v) is 4.40. The summed E-state index contributed by atoms with van der Waals surface area (Å²) in [6.45, 7) is 1.91. The first kappa shape index (κ1) is 15.8. The van der Waals surface area contributed by atoms with Gasteiger partial charge in [0.25, 0.3) is 0 Å². The molecular weight excluding hydrogens is 306 g/mol. The van der Waals surface area contributed by atoms with Crippen molar-refractivity contribution in [3.63, 3.8) is 0 Å². The van der Waals surface area contributed by atoms with E-state index in [0.29, 0.717) is 17.6 Å². The Morgan fingerprint density at radius 2 is 2.09 bits per heavy atom. The van der Waals surface area contributed by atoms with E-state index in [9.17, 15) is 13.6 Å². The lowest BCUT2D eigenvalue weighted by molar-refractivity contribution is -0.147. The predicted octanol–water partition coefficient (Wildman–Crippen LogP) is 3.59. The molecule has 4 nitrogen and oxygen atoms in total. The first-order chi connectivity index (χ1) is 11.0. The minimum absolute atomic E-state index is 0.0795. The molecule has 0 aromatic heterocycles. The number of methoxy groups -OCH3 is 1. The van der Waals surface area contributed by atoms with Gasteiger partial charge in [0, 0.05) is 17.6 Å². The summed E-state index contributed by atoms with van der Waals surface area (Å²) in [5.41, 5.74) is 0.421. The van der Waals surface area contributed by atoms with Crippen LogP contribution in [0.2, 0.25) is 0 Å². The van der Waals surface area contributed by atoms with Crippen LogP contribution in [-0.2, 0) is 14.3 Å². The van der Waals surface area contributed by atoms with Crippen molar-refractivity contribution in [3.05, 3.63) is 35.1 Å². The standard InChI is InChI=1S/C17H18F2O4/c1-3-22-16(20)15-11(9-17(23-15)7-4-8-17)10-5-6-12(18)13(19)14(10)21-2/h5-6H,3-4,7-9H2,1-2H3. The number of esters is 1. The second-order valence-corrected chi connectivity index (χ2v) is 5.79. The topological polar surface area (TPSA) is 44.8 Å². The number of hydrogen-bond donors (Lipinski definition) is 0. The van der Waals surface area contributed by atoms with Crippen LogP contribution in [0.15, 0.2) is 17.9 Å². The van der Waals surface area contributed by atoms with Gasteiger partial charge in [-0.25, -0.2) is 9.18 Å². The summed E-state index contributed by atoms with van der Waals surface area (Å²) in [6, 6.07) is 2.43. The van der Waals surface area contributed by atoms with E-state index >= 15 is 0 Å². The molecule has 0 unspecified atom stereocenters. The Morgan fingerprint density at radius 1 is 1.35 bits per heavy atom. The number of carbonyl (C=O) groups excluding carboxylic acids is 1. The zero-order valence-corrected chi connectivity index (χ0v) is 13.1. The molecule has 1 aromatic rings. The fourth-order valence-corrected chi connectivity index (χ4v) is 3.11. The van der Waals surface area contributed by atoms with E-state index < -0.39 is 23.2 Å². The van der Waals surface area contributed by atoms with Crippen LogP contribution in [-0.4, -0.2) is 25.3 Å². The highest BCUT2D eigenvalue weighted by Gasteiger charge is 2.48. The van der Waals surface area contributed by atoms with Gasteiger partial charge in [0.15, 0.2) is 11.6 Å². The minimum Gasteiger partial charge on any atom is -0.493 e. The van der Waals surface area contributed by atoms with Crippen molar-refractivity contribution < 1.29 is 27.8 Å². The van der Waals surface area contributed by atoms with E-state index in [1.54, 1.807) is 6.92 Å². The van der Waals surface area contributed by atoms with E-state index in [-0.39, 0.29) is 18.1 Å². The SMILES string of the molecule is CCOC(=O)C1=C(c2ccc(F)c(F)c2OC)CC2(CCC2)O1. The number of hydrogen-bond acceptors (Lipinski definition) is 4. The molecule has 3 rings (SSSR count). The highest BCUT2D eigenvalue weighted by molar-refractivity contribution is 5.97. The zero-order valence-electron chi connectivity index (χ0n) is 13.1. The van der Waals surface area contributed by atoms with Gasteiger partial charge in [0.1, 0.15) is 5.60 Å². The molecule has 2 aliphatic rings. The average molecular weight is 324 g/mol. The number of rotatable bonds is 4. The van der Waals surface area contributed by atoms with E-state index in [1.807, 2.05) is 0 Å².